The zero-order chi connectivity index (χ0) is 70.7. The van der Waals surface area contributed by atoms with Gasteiger partial charge in [-0.15, -0.1) is 0 Å². The minimum Gasteiger partial charge on any atom is -0.311 e. The number of rotatable bonds is 4. The first kappa shape index (κ1) is 58.5. The molecule has 0 radical (unpaired) electrons. The molecule has 2 aliphatic heterocycles. The first-order valence-electron chi connectivity index (χ1n) is 38.4. The first-order chi connectivity index (χ1) is 54.1. The minimum absolute atomic E-state index is 0.328. The van der Waals surface area contributed by atoms with Crippen LogP contribution in [0.1, 0.15) is 66.8 Å². The zero-order valence-corrected chi connectivity index (χ0v) is 59.2. The summed E-state index contributed by atoms with van der Waals surface area (Å²) in [4.78, 5) is 5.55. The molecule has 0 N–H and O–H groups in total. The first-order valence-corrected chi connectivity index (χ1v) is 38.4. The molecule has 3 heterocycles. The van der Waals surface area contributed by atoms with Crippen LogP contribution in [0.5, 0.6) is 0 Å². The SMILES string of the molecule is c1ccc(-c2ccc(N3c4cc(-n5c6ccccc6c6ccccc65)cc5c4B(c4ccc6c(c43)C3(c4ccccc4-c4ccccc43)c3ccccc3-6)c3c(ccc4c3-c3ccccc3C43c4ccccc4-c4ccccc43)N5c3cccc4c3-c3ccccc3C43c4ccccc4-c4ccccc43)cc2)cc1. The van der Waals surface area contributed by atoms with E-state index in [2.05, 4.69) is 390 Å². The third-order valence-electron chi connectivity index (χ3n) is 26.6. The fourth-order valence-corrected chi connectivity index (χ4v) is 22.9. The van der Waals surface area contributed by atoms with Crippen molar-refractivity contribution in [2.24, 2.45) is 0 Å². The Kier molecular flexibility index (Phi) is 11.2. The highest BCUT2D eigenvalue weighted by Crippen LogP contribution is 2.70. The molecule has 18 aromatic rings. The maximum atomic E-state index is 2.78. The standard InChI is InChI=1S/C105H62BN3/c1-2-27-63(28-3-1)64-53-55-65(56-54-64)108-95-61-66(107-91-50-24-13-36-74(91)75-37-14-25-51-92(75)107)62-96-100(95)106(90-59-57-76-73-35-10-21-46-85(73)105(99(76)102(90)108)83-44-19-8-33-71(83)72-34-9-20-45-84(72)105)101-94(60-58-89-98(101)78-39-12-23-48-87(78)104(89)81-42-17-6-31-69(81)70-32-7-18-43-82(70)104)109(96)93-52-26-49-88-97(93)77-38-11-22-47-86(77)103(88)79-40-15-4-29-67(79)68-30-5-16-41-80(68)103/h1-62H. The predicted octanol–water partition coefficient (Wildman–Crippen LogP) is 23.6. The van der Waals surface area contributed by atoms with Crippen molar-refractivity contribution in [1.82, 2.24) is 4.57 Å². The van der Waals surface area contributed by atoms with Crippen LogP contribution in [-0.2, 0) is 16.2 Å². The minimum atomic E-state index is -0.723. The molecule has 109 heavy (non-hydrogen) atoms. The van der Waals surface area contributed by atoms with Crippen molar-refractivity contribution in [1.29, 1.82) is 0 Å². The topological polar surface area (TPSA) is 11.4 Å². The highest BCUT2D eigenvalue weighted by atomic mass is 15.2. The Bertz CT molecular complexity index is 6950. The van der Waals surface area contributed by atoms with Crippen molar-refractivity contribution in [3.8, 4) is 83.6 Å². The smallest absolute Gasteiger partial charge is 0.252 e. The highest BCUT2D eigenvalue weighted by molar-refractivity contribution is 7.01. The third kappa shape index (κ3) is 6.88. The van der Waals surface area contributed by atoms with E-state index >= 15 is 0 Å². The molecule has 0 unspecified atom stereocenters. The van der Waals surface area contributed by atoms with E-state index in [1.807, 2.05) is 0 Å². The summed E-state index contributed by atoms with van der Waals surface area (Å²) >= 11 is 0. The van der Waals surface area contributed by atoms with Gasteiger partial charge in [0.05, 0.1) is 38.7 Å². The Labute approximate surface area is 631 Å². The monoisotopic (exact) mass is 1380 g/mol. The molecule has 3 spiro atoms. The number of para-hydroxylation sites is 2. The Balaban J connectivity index is 0.868. The molecule has 3 nitrogen and oxygen atoms in total. The molecule has 6 aliphatic carbocycles. The molecule has 0 saturated heterocycles. The second-order valence-corrected chi connectivity index (χ2v) is 31.0. The van der Waals surface area contributed by atoms with Gasteiger partial charge in [-0.05, 0) is 198 Å². The van der Waals surface area contributed by atoms with E-state index in [4.69, 9.17) is 0 Å². The molecular weight excluding hydrogens is 1310 g/mol. The van der Waals surface area contributed by atoms with Crippen LogP contribution >= 0.6 is 0 Å². The van der Waals surface area contributed by atoms with Crippen LogP contribution in [-0.4, -0.2) is 11.3 Å². The summed E-state index contributed by atoms with van der Waals surface area (Å²) in [6.07, 6.45) is 0. The zero-order valence-electron chi connectivity index (χ0n) is 59.2. The lowest BCUT2D eigenvalue weighted by Gasteiger charge is -2.47. The molecule has 500 valence electrons. The third-order valence-corrected chi connectivity index (χ3v) is 26.6. The van der Waals surface area contributed by atoms with Crippen LogP contribution < -0.4 is 26.2 Å². The van der Waals surface area contributed by atoms with Crippen molar-refractivity contribution in [2.75, 3.05) is 9.80 Å². The molecular formula is C105H62BN3. The number of fused-ring (bicyclic) bond motifs is 39. The van der Waals surface area contributed by atoms with Gasteiger partial charge >= 0.3 is 0 Å². The molecule has 0 atom stereocenters. The lowest BCUT2D eigenvalue weighted by atomic mass is 9.32. The molecule has 0 fully saturated rings. The number of benzene rings is 17. The van der Waals surface area contributed by atoms with Gasteiger partial charge in [0, 0.05) is 50.3 Å². The summed E-state index contributed by atoms with van der Waals surface area (Å²) in [5.74, 6) is 0. The molecule has 8 aliphatic rings. The van der Waals surface area contributed by atoms with Crippen molar-refractivity contribution in [2.45, 2.75) is 16.2 Å². The molecule has 0 saturated carbocycles. The van der Waals surface area contributed by atoms with E-state index < -0.39 is 16.2 Å². The van der Waals surface area contributed by atoms with Gasteiger partial charge in [0.15, 0.2) is 0 Å². The maximum absolute atomic E-state index is 2.78. The normalized spacial score (nSPS) is 15.0. The van der Waals surface area contributed by atoms with E-state index in [9.17, 15) is 0 Å². The fourth-order valence-electron chi connectivity index (χ4n) is 22.9. The van der Waals surface area contributed by atoms with E-state index in [0.717, 1.165) is 39.5 Å². The van der Waals surface area contributed by atoms with Gasteiger partial charge in [-0.25, -0.2) is 0 Å². The molecule has 4 heteroatoms. The highest BCUT2D eigenvalue weighted by Gasteiger charge is 2.60. The summed E-state index contributed by atoms with van der Waals surface area (Å²) in [6.45, 7) is -0.328. The number of aromatic nitrogens is 1. The molecule has 0 bridgehead atoms. The predicted molar refractivity (Wildman–Crippen MR) is 449 cm³/mol. The average molecular weight is 1380 g/mol. The van der Waals surface area contributed by atoms with Gasteiger partial charge in [0.2, 0.25) is 0 Å². The summed E-state index contributed by atoms with van der Waals surface area (Å²) in [5.41, 5.74) is 45.8. The van der Waals surface area contributed by atoms with Crippen LogP contribution in [0.3, 0.4) is 0 Å². The van der Waals surface area contributed by atoms with Crippen LogP contribution in [0.2, 0.25) is 0 Å². The Morgan fingerprint density at radius 3 is 1.11 bits per heavy atom. The average Bonchev–Trinajstić information content (AvgIpc) is 1.56. The number of anilines is 6. The summed E-state index contributed by atoms with van der Waals surface area (Å²) in [5, 5.41) is 2.44. The van der Waals surface area contributed by atoms with Crippen LogP contribution in [0.4, 0.5) is 34.1 Å². The van der Waals surface area contributed by atoms with Gasteiger partial charge < -0.3 is 14.4 Å². The van der Waals surface area contributed by atoms with E-state index in [1.54, 1.807) is 0 Å². The number of hydrogen-bond donors (Lipinski definition) is 0. The largest absolute Gasteiger partial charge is 0.311 e. The van der Waals surface area contributed by atoms with E-state index in [1.165, 1.54) is 183 Å². The molecule has 26 rings (SSSR count). The molecule has 0 amide bonds. The number of hydrogen-bond acceptors (Lipinski definition) is 2. The van der Waals surface area contributed by atoms with Crippen molar-refractivity contribution >= 4 is 79.0 Å². The maximum Gasteiger partial charge on any atom is 0.252 e. The van der Waals surface area contributed by atoms with Crippen LogP contribution in [0.15, 0.2) is 376 Å². The Morgan fingerprint density at radius 1 is 0.220 bits per heavy atom. The van der Waals surface area contributed by atoms with Crippen molar-refractivity contribution in [3.63, 3.8) is 0 Å². The van der Waals surface area contributed by atoms with Gasteiger partial charge in [-0.2, -0.15) is 0 Å². The van der Waals surface area contributed by atoms with Gasteiger partial charge in [0.25, 0.3) is 6.71 Å². The Morgan fingerprint density at radius 2 is 0.606 bits per heavy atom. The lowest BCUT2D eigenvalue weighted by Crippen LogP contribution is -2.62. The summed E-state index contributed by atoms with van der Waals surface area (Å²) < 4.78 is 2.58. The second kappa shape index (κ2) is 20.8. The van der Waals surface area contributed by atoms with Crippen molar-refractivity contribution in [3.05, 3.63) is 443 Å². The summed E-state index contributed by atoms with van der Waals surface area (Å²) in [6, 6.07) is 146. The van der Waals surface area contributed by atoms with Gasteiger partial charge in [-0.3, -0.25) is 0 Å². The molecule has 1 aromatic heterocycles. The molecule has 17 aromatic carbocycles. The van der Waals surface area contributed by atoms with Crippen LogP contribution in [0.25, 0.3) is 105 Å². The quantitative estimate of drug-likeness (QED) is 0.163. The Hall–Kier alpha value is -13.8. The lowest BCUT2D eigenvalue weighted by molar-refractivity contribution is 0.793. The van der Waals surface area contributed by atoms with Crippen LogP contribution in [0, 0.1) is 0 Å². The van der Waals surface area contributed by atoms with Gasteiger partial charge in [-0.1, -0.05) is 328 Å². The second-order valence-electron chi connectivity index (χ2n) is 31.0. The van der Waals surface area contributed by atoms with Crippen molar-refractivity contribution < 1.29 is 0 Å². The fraction of sp³-hybridized carbons (Fsp3) is 0.0286. The van der Waals surface area contributed by atoms with E-state index in [0.29, 0.717) is 0 Å². The van der Waals surface area contributed by atoms with E-state index in [-0.39, 0.29) is 6.71 Å². The number of nitrogens with zero attached hydrogens (tertiary/aromatic N) is 3. The van der Waals surface area contributed by atoms with Gasteiger partial charge in [0.1, 0.15) is 0 Å². The summed E-state index contributed by atoms with van der Waals surface area (Å²) in [7, 11) is 0.